The van der Waals surface area contributed by atoms with Gasteiger partial charge < -0.3 is 14.7 Å². The van der Waals surface area contributed by atoms with Gasteiger partial charge in [-0.15, -0.1) is 0 Å². The van der Waals surface area contributed by atoms with Crippen LogP contribution in [-0.4, -0.2) is 47.5 Å². The first-order valence-corrected chi connectivity index (χ1v) is 5.12. The minimum atomic E-state index is -0.485. The minimum absolute atomic E-state index is 0.370. The van der Waals surface area contributed by atoms with E-state index in [1.54, 1.807) is 6.07 Å². The van der Waals surface area contributed by atoms with Gasteiger partial charge in [-0.05, 0) is 0 Å². The van der Waals surface area contributed by atoms with E-state index in [4.69, 9.17) is 16.3 Å². The first-order valence-electron chi connectivity index (χ1n) is 4.74. The van der Waals surface area contributed by atoms with Gasteiger partial charge in [0, 0.05) is 19.2 Å². The maximum atomic E-state index is 9.55. The molecule has 1 atom stereocenters. The first kappa shape index (κ1) is 10.6. The van der Waals surface area contributed by atoms with Crippen molar-refractivity contribution in [3.8, 4) is 0 Å². The molecule has 0 amide bonds. The summed E-state index contributed by atoms with van der Waals surface area (Å²) in [6, 6.07) is 1.68. The molecule has 0 bridgehead atoms. The number of aromatic nitrogens is 2. The fraction of sp³-hybridized carbons (Fsp3) is 0.556. The number of halogens is 1. The second kappa shape index (κ2) is 4.74. The van der Waals surface area contributed by atoms with Crippen molar-refractivity contribution in [3.05, 3.63) is 17.5 Å². The number of hydrogen-bond acceptors (Lipinski definition) is 5. The lowest BCUT2D eigenvalue weighted by Crippen LogP contribution is -2.33. The van der Waals surface area contributed by atoms with Crippen molar-refractivity contribution in [2.75, 3.05) is 31.2 Å². The van der Waals surface area contributed by atoms with E-state index < -0.39 is 6.10 Å². The Hall–Kier alpha value is -0.910. The van der Waals surface area contributed by atoms with Crippen LogP contribution in [-0.2, 0) is 4.74 Å². The molecule has 0 radical (unpaired) electrons. The lowest BCUT2D eigenvalue weighted by molar-refractivity contribution is 0.0597. The van der Waals surface area contributed by atoms with Gasteiger partial charge in [-0.3, -0.25) is 0 Å². The number of nitrogens with zero attached hydrogens (tertiary/aromatic N) is 3. The highest BCUT2D eigenvalue weighted by Crippen LogP contribution is 2.15. The van der Waals surface area contributed by atoms with Crippen molar-refractivity contribution in [3.63, 3.8) is 0 Å². The Labute approximate surface area is 92.7 Å². The number of β-amino-alcohol motifs (C(OH)–C–C–N with tert-alkyl or cyclic N) is 1. The van der Waals surface area contributed by atoms with Crippen LogP contribution in [0.3, 0.4) is 0 Å². The molecule has 1 unspecified atom stereocenters. The van der Waals surface area contributed by atoms with Crippen LogP contribution in [0, 0.1) is 0 Å². The summed E-state index contributed by atoms with van der Waals surface area (Å²) in [5.41, 5.74) is 0. The van der Waals surface area contributed by atoms with Crippen molar-refractivity contribution in [2.45, 2.75) is 6.10 Å². The zero-order chi connectivity index (χ0) is 10.7. The molecular formula is C9H12ClN3O2. The van der Waals surface area contributed by atoms with Crippen LogP contribution in [0.25, 0.3) is 0 Å². The molecule has 1 aliphatic rings. The molecule has 0 aliphatic carbocycles. The van der Waals surface area contributed by atoms with Gasteiger partial charge in [0.15, 0.2) is 0 Å². The summed E-state index contributed by atoms with van der Waals surface area (Å²) in [7, 11) is 0. The summed E-state index contributed by atoms with van der Waals surface area (Å²) in [4.78, 5) is 9.85. The fourth-order valence-electron chi connectivity index (χ4n) is 1.50. The smallest absolute Gasteiger partial charge is 0.134 e. The third-order valence-corrected chi connectivity index (χ3v) is 2.40. The van der Waals surface area contributed by atoms with Crippen LogP contribution in [0.2, 0.25) is 5.15 Å². The topological polar surface area (TPSA) is 58.5 Å². The Morgan fingerprint density at radius 1 is 1.53 bits per heavy atom. The van der Waals surface area contributed by atoms with E-state index in [1.165, 1.54) is 6.33 Å². The molecule has 1 aromatic heterocycles. The lowest BCUT2D eigenvalue weighted by atomic mass is 10.3. The second-order valence-corrected chi connectivity index (χ2v) is 3.76. The maximum Gasteiger partial charge on any atom is 0.134 e. The van der Waals surface area contributed by atoms with Crippen LogP contribution in [0.5, 0.6) is 0 Å². The third kappa shape index (κ3) is 2.77. The van der Waals surface area contributed by atoms with Crippen molar-refractivity contribution >= 4 is 17.4 Å². The standard InChI is InChI=1S/C9H12ClN3O2/c10-8-3-9(12-6-11-8)13-1-2-15-5-7(14)4-13/h3,6-7,14H,1-2,4-5H2. The van der Waals surface area contributed by atoms with Crippen molar-refractivity contribution in [2.24, 2.45) is 0 Å². The molecule has 1 aliphatic heterocycles. The molecule has 2 heterocycles. The first-order chi connectivity index (χ1) is 7.25. The van der Waals surface area contributed by atoms with E-state index in [0.717, 1.165) is 5.82 Å². The largest absolute Gasteiger partial charge is 0.389 e. The highest BCUT2D eigenvalue weighted by molar-refractivity contribution is 6.29. The van der Waals surface area contributed by atoms with Gasteiger partial charge in [0.2, 0.25) is 0 Å². The quantitative estimate of drug-likeness (QED) is 0.704. The summed E-state index contributed by atoms with van der Waals surface area (Å²) in [5.74, 6) is 0.722. The molecule has 0 saturated carbocycles. The Kier molecular flexibility index (Phi) is 3.35. The molecule has 6 heteroatoms. The molecule has 5 nitrogen and oxygen atoms in total. The molecule has 0 aromatic carbocycles. The third-order valence-electron chi connectivity index (χ3n) is 2.19. The van der Waals surface area contributed by atoms with Gasteiger partial charge in [0.05, 0.1) is 19.3 Å². The number of hydrogen-bond donors (Lipinski definition) is 1. The van der Waals surface area contributed by atoms with E-state index in [9.17, 15) is 5.11 Å². The minimum Gasteiger partial charge on any atom is -0.389 e. The second-order valence-electron chi connectivity index (χ2n) is 3.37. The number of aliphatic hydroxyl groups excluding tert-OH is 1. The number of anilines is 1. The Morgan fingerprint density at radius 3 is 3.20 bits per heavy atom. The van der Waals surface area contributed by atoms with Gasteiger partial charge >= 0.3 is 0 Å². The van der Waals surface area contributed by atoms with Crippen LogP contribution in [0.1, 0.15) is 0 Å². The molecule has 1 saturated heterocycles. The molecule has 1 aromatic rings. The molecule has 1 N–H and O–H groups in total. The summed E-state index contributed by atoms with van der Waals surface area (Å²) in [6.07, 6.45) is 0.928. The monoisotopic (exact) mass is 229 g/mol. The zero-order valence-electron chi connectivity index (χ0n) is 8.14. The van der Waals surface area contributed by atoms with E-state index >= 15 is 0 Å². The highest BCUT2D eigenvalue weighted by atomic mass is 35.5. The van der Waals surface area contributed by atoms with Crippen LogP contribution >= 0.6 is 11.6 Å². The van der Waals surface area contributed by atoms with E-state index in [0.29, 0.717) is 31.5 Å². The van der Waals surface area contributed by atoms with Crippen molar-refractivity contribution in [1.82, 2.24) is 9.97 Å². The summed E-state index contributed by atoms with van der Waals surface area (Å²) < 4.78 is 5.22. The average molecular weight is 230 g/mol. The molecule has 0 spiro atoms. The predicted octanol–water partition coefficient (Wildman–Crippen LogP) is 0.327. The summed E-state index contributed by atoms with van der Waals surface area (Å²) in [5, 5.41) is 9.95. The average Bonchev–Trinajstić information content (AvgIpc) is 2.43. The number of aliphatic hydroxyl groups is 1. The van der Waals surface area contributed by atoms with Gasteiger partial charge in [-0.25, -0.2) is 9.97 Å². The lowest BCUT2D eigenvalue weighted by Gasteiger charge is -2.21. The van der Waals surface area contributed by atoms with E-state index in [2.05, 4.69) is 9.97 Å². The van der Waals surface area contributed by atoms with Gasteiger partial charge in [-0.2, -0.15) is 0 Å². The molecule has 15 heavy (non-hydrogen) atoms. The Balaban J connectivity index is 2.14. The normalized spacial score (nSPS) is 22.5. The maximum absolute atomic E-state index is 9.55. The van der Waals surface area contributed by atoms with Crippen molar-refractivity contribution in [1.29, 1.82) is 0 Å². The van der Waals surface area contributed by atoms with Gasteiger partial charge in [0.25, 0.3) is 0 Å². The van der Waals surface area contributed by atoms with Crippen molar-refractivity contribution < 1.29 is 9.84 Å². The number of ether oxygens (including phenoxy) is 1. The summed E-state index contributed by atoms with van der Waals surface area (Å²) >= 11 is 5.77. The van der Waals surface area contributed by atoms with Gasteiger partial charge in [-0.1, -0.05) is 11.6 Å². The molecule has 2 rings (SSSR count). The van der Waals surface area contributed by atoms with E-state index in [-0.39, 0.29) is 0 Å². The van der Waals surface area contributed by atoms with E-state index in [1.807, 2.05) is 4.90 Å². The SMILES string of the molecule is OC1COCCN(c2cc(Cl)ncn2)C1. The predicted molar refractivity (Wildman–Crippen MR) is 56.1 cm³/mol. The highest BCUT2D eigenvalue weighted by Gasteiger charge is 2.17. The number of rotatable bonds is 1. The van der Waals surface area contributed by atoms with Crippen LogP contribution < -0.4 is 4.90 Å². The summed E-state index contributed by atoms with van der Waals surface area (Å²) in [6.45, 7) is 2.16. The van der Waals surface area contributed by atoms with Crippen LogP contribution in [0.15, 0.2) is 12.4 Å². The van der Waals surface area contributed by atoms with Crippen LogP contribution in [0.4, 0.5) is 5.82 Å². The Bertz CT molecular complexity index is 337. The molecule has 1 fully saturated rings. The Morgan fingerprint density at radius 2 is 2.40 bits per heavy atom. The van der Waals surface area contributed by atoms with Gasteiger partial charge in [0.1, 0.15) is 17.3 Å². The molecule has 82 valence electrons. The molecular weight excluding hydrogens is 218 g/mol. The fourth-order valence-corrected chi connectivity index (χ4v) is 1.64. The zero-order valence-corrected chi connectivity index (χ0v) is 8.89.